The molecule has 8 heteroatoms. The molecule has 20 aromatic rings. The molecule has 2 aliphatic carbocycles. The van der Waals surface area contributed by atoms with Gasteiger partial charge in [0, 0.05) is 108 Å². The molecule has 0 atom stereocenters. The number of hydrogen-bond donors (Lipinski definition) is 0. The first kappa shape index (κ1) is 64.5. The zero-order valence-electron chi connectivity index (χ0n) is 82.3. The van der Waals surface area contributed by atoms with E-state index in [9.17, 15) is 0 Å². The van der Waals surface area contributed by atoms with Crippen LogP contribution >= 0.6 is 0 Å². The maximum Gasteiger partial charge on any atom is 0.216 e. The molecule has 0 N–H and O–H groups in total. The molecule has 22 rings (SSSR count). The van der Waals surface area contributed by atoms with Gasteiger partial charge in [-0.05, 0) is 227 Å². The molecule has 2 aliphatic rings. The minimum absolute atomic E-state index is 0.0809. The number of fused-ring (bicyclic) bond motifs is 16. The monoisotopic (exact) mass is 1580 g/mol. The Bertz CT molecular complexity index is 8010. The van der Waals surface area contributed by atoms with Crippen LogP contribution in [0.4, 0.5) is 0 Å². The van der Waals surface area contributed by atoms with E-state index < -0.39 is 32.8 Å². The van der Waals surface area contributed by atoms with Crippen LogP contribution < -0.4 is 18.3 Å². The van der Waals surface area contributed by atoms with Crippen molar-refractivity contribution in [1.29, 1.82) is 0 Å². The minimum atomic E-state index is -2.33. The van der Waals surface area contributed by atoms with E-state index in [1.165, 1.54) is 33.4 Å². The molecule has 0 unspecified atom stereocenters. The predicted molar refractivity (Wildman–Crippen MR) is 499 cm³/mol. The average molecular weight is 1590 g/mol. The molecule has 0 bridgehead atoms. The van der Waals surface area contributed by atoms with Crippen molar-refractivity contribution in [3.63, 3.8) is 0 Å². The van der Waals surface area contributed by atoms with Gasteiger partial charge in [0.1, 0.15) is 72.9 Å². The summed E-state index contributed by atoms with van der Waals surface area (Å²) < 4.78 is 135. The van der Waals surface area contributed by atoms with Crippen LogP contribution in [-0.2, 0) is 47.3 Å². The van der Waals surface area contributed by atoms with Gasteiger partial charge in [0.05, 0.1) is 22.3 Å². The smallest absolute Gasteiger partial charge is 0.216 e. The molecule has 2 saturated carbocycles. The minimum Gasteiger partial charge on any atom is -0.455 e. The molecule has 8 heterocycles. The van der Waals surface area contributed by atoms with Gasteiger partial charge in [0.2, 0.25) is 22.8 Å². The topological polar surface area (TPSA) is 68.1 Å². The normalized spacial score (nSPS) is 15.6. The SMILES string of the molecule is [2H]C([2H])([2H])c1c[n+](C)c(-c2c(C)cc(C([2H])([2H])[2H])c3c2oc2cc4ccccc4cc23)cc1C.[2H]C([2H])(c1cc[n+](C)c(-c2c(C)ccc3c2oc2cc4ccccc4cc23)c1)C(C)C.[2H]C([2H])(c1cc[n+](C)c(-c2c(C)ccc3c2oc2cc4ccccc4cc23)c1)C1CCCC1.[2H]C([2H])(c1cc[n+](C)c(-c2c(C)ccc3c2oc2cc4ccccc4cc23)c1)C1CCCCC1. The van der Waals surface area contributed by atoms with Crippen LogP contribution in [0.2, 0.25) is 0 Å². The Kier molecular flexibility index (Phi) is 17.2. The van der Waals surface area contributed by atoms with Crippen LogP contribution in [0.25, 0.3) is 176 Å². The van der Waals surface area contributed by atoms with Gasteiger partial charge in [-0.25, -0.2) is 18.3 Å². The van der Waals surface area contributed by atoms with Crippen molar-refractivity contribution in [2.45, 2.75) is 139 Å². The van der Waals surface area contributed by atoms with Crippen molar-refractivity contribution in [1.82, 2.24) is 0 Å². The van der Waals surface area contributed by atoms with Gasteiger partial charge >= 0.3 is 0 Å². The number of pyridine rings is 4. The van der Waals surface area contributed by atoms with Gasteiger partial charge in [-0.15, -0.1) is 0 Å². The largest absolute Gasteiger partial charge is 0.455 e. The van der Waals surface area contributed by atoms with Crippen molar-refractivity contribution in [3.05, 3.63) is 311 Å². The van der Waals surface area contributed by atoms with Crippen molar-refractivity contribution < 1.29 is 52.4 Å². The van der Waals surface area contributed by atoms with Crippen molar-refractivity contribution in [3.8, 4) is 45.0 Å². The molecule has 12 aromatic carbocycles. The van der Waals surface area contributed by atoms with Gasteiger partial charge in [-0.1, -0.05) is 211 Å². The molecule has 8 aromatic heterocycles. The Labute approximate surface area is 720 Å². The van der Waals surface area contributed by atoms with Crippen LogP contribution in [0.5, 0.6) is 0 Å². The second-order valence-electron chi connectivity index (χ2n) is 33.9. The highest BCUT2D eigenvalue weighted by Crippen LogP contribution is 2.45. The summed E-state index contributed by atoms with van der Waals surface area (Å²) in [6.07, 6.45) is 13.1. The zero-order valence-corrected chi connectivity index (χ0v) is 70.3. The first-order valence-corrected chi connectivity index (χ1v) is 42.5. The van der Waals surface area contributed by atoms with E-state index in [0.29, 0.717) is 27.7 Å². The first-order valence-electron chi connectivity index (χ1n) is 48.5. The third-order valence-electron chi connectivity index (χ3n) is 25.1. The predicted octanol–water partition coefficient (Wildman–Crippen LogP) is 28.1. The van der Waals surface area contributed by atoms with Crippen LogP contribution in [0.3, 0.4) is 0 Å². The second kappa shape index (κ2) is 32.0. The molecule has 0 spiro atoms. The lowest BCUT2D eigenvalue weighted by Gasteiger charge is -2.21. The number of nitrogens with zero attached hydrogens (tertiary/aromatic N) is 4. The molecule has 0 amide bonds. The van der Waals surface area contributed by atoms with Crippen LogP contribution in [0.15, 0.2) is 273 Å². The van der Waals surface area contributed by atoms with Crippen LogP contribution in [0, 0.1) is 66.1 Å². The van der Waals surface area contributed by atoms with Gasteiger partial charge in [-0.2, -0.15) is 0 Å². The van der Waals surface area contributed by atoms with E-state index >= 15 is 0 Å². The summed E-state index contributed by atoms with van der Waals surface area (Å²) in [7, 11) is 7.85. The van der Waals surface area contributed by atoms with Gasteiger partial charge in [0.15, 0.2) is 24.8 Å². The Morgan fingerprint density at radius 2 is 0.650 bits per heavy atom. The molecular formula is C112H108N4O4+4. The van der Waals surface area contributed by atoms with E-state index in [-0.39, 0.29) is 28.9 Å². The Morgan fingerprint density at radius 3 is 1.04 bits per heavy atom. The van der Waals surface area contributed by atoms with Gasteiger partial charge < -0.3 is 17.7 Å². The molecule has 8 nitrogen and oxygen atoms in total. The number of benzene rings is 12. The lowest BCUT2D eigenvalue weighted by atomic mass is 9.85. The maximum absolute atomic E-state index is 9.01. The van der Waals surface area contributed by atoms with Crippen molar-refractivity contribution in [2.24, 2.45) is 45.9 Å². The van der Waals surface area contributed by atoms with Crippen molar-refractivity contribution >= 4 is 131 Å². The number of hydrogen-bond acceptors (Lipinski definition) is 4. The Hall–Kier alpha value is -12.5. The third kappa shape index (κ3) is 14.6. The first-order chi connectivity index (χ1) is 63.0. The molecule has 0 saturated heterocycles. The van der Waals surface area contributed by atoms with Gasteiger partial charge in [-0.3, -0.25) is 0 Å². The second-order valence-corrected chi connectivity index (χ2v) is 33.9. The maximum atomic E-state index is 9.01. The average Bonchev–Trinajstić information content (AvgIpc) is 1.46. The van der Waals surface area contributed by atoms with Crippen LogP contribution in [-0.4, -0.2) is 0 Å². The highest BCUT2D eigenvalue weighted by molar-refractivity contribution is 6.18. The lowest BCUT2D eigenvalue weighted by molar-refractivity contribution is -0.660. The van der Waals surface area contributed by atoms with E-state index in [4.69, 9.17) is 34.1 Å². The fourth-order valence-electron chi connectivity index (χ4n) is 18.8. The van der Waals surface area contributed by atoms with Crippen molar-refractivity contribution in [2.75, 3.05) is 0 Å². The summed E-state index contributed by atoms with van der Waals surface area (Å²) in [6, 6.07) is 78.2. The summed E-state index contributed by atoms with van der Waals surface area (Å²) in [5.74, 6) is 0.0504. The lowest BCUT2D eigenvalue weighted by Crippen LogP contribution is -2.31. The highest BCUT2D eigenvalue weighted by Gasteiger charge is 2.29. The molecular weight excluding hydrogens is 1470 g/mol. The molecule has 596 valence electrons. The molecule has 2 fully saturated rings. The third-order valence-corrected chi connectivity index (χ3v) is 25.1. The Morgan fingerprint density at radius 1 is 0.317 bits per heavy atom. The summed E-state index contributed by atoms with van der Waals surface area (Å²) in [5, 5.41) is 17.0. The number of rotatable bonds is 10. The van der Waals surface area contributed by atoms with E-state index in [0.717, 1.165) is 217 Å². The number of aryl methyl sites for hydroxylation is 11. The zero-order chi connectivity index (χ0) is 92.7. The summed E-state index contributed by atoms with van der Waals surface area (Å²) in [5.41, 5.74) is 21.4. The standard InChI is InChI=1S/C30H30NO.C29H28NO.C27H26NO.C26H24NO/c1-20-12-13-25-26-18-23-10-6-7-11-24(23)19-28(26)32-30(25)29(20)27-17-22(14-15-31(27)2)16-21-8-4-3-5-9-21;1-19-11-12-24-25-17-22-9-5-6-10-23(22)18-27(25)31-29(24)28(19)26-16-21(13-14-30(26)2)15-20-7-3-4-8-20;1-17(2)13-19-11-12-28(4)24(14-19)26-18(3)9-10-22-23-15-20-7-5-6-8-21(20)16-25(23)29-27(22)26;1-15-11-22(27(5)14-18(15)4)25-17(3)10-16(2)24-21-12-19-8-6-7-9-20(19)13-23(21)28-26(24)25/h6-7,10-15,17-19,21H,3-5,8-9,16H2,1-2H3;5-6,9-14,16-18,20H,3-4,7-8,15H2,1-2H3;5-12,14-17H,13H2,1-4H3;6-14H,1-5H3/q4*+1/i16D2;15D2;13D2;2D3,4D3. The number of furan rings is 4. The molecule has 0 radical (unpaired) electrons. The van der Waals surface area contributed by atoms with E-state index in [1.54, 1.807) is 30.8 Å². The fourth-order valence-corrected chi connectivity index (χ4v) is 18.8. The summed E-state index contributed by atoms with van der Waals surface area (Å²) >= 11 is 0. The molecule has 120 heavy (non-hydrogen) atoms. The number of aromatic nitrogens is 4. The molecule has 0 aliphatic heterocycles. The van der Waals surface area contributed by atoms with E-state index in [1.807, 2.05) is 144 Å². The highest BCUT2D eigenvalue weighted by atomic mass is 16.3. The van der Waals surface area contributed by atoms with Gasteiger partial charge in [0.25, 0.3) is 0 Å². The summed E-state index contributed by atoms with van der Waals surface area (Å²) in [4.78, 5) is 0. The fraction of sp³-hybridized carbons (Fsp3) is 0.250. The quantitative estimate of drug-likeness (QED) is 0.128. The summed E-state index contributed by atoms with van der Waals surface area (Å²) in [6.45, 7) is 9.23. The Balaban J connectivity index is 0.000000114. The van der Waals surface area contributed by atoms with Crippen LogP contribution in [0.1, 0.15) is 144 Å². The van der Waals surface area contributed by atoms with E-state index in [2.05, 4.69) is 175 Å².